The molecule has 7 nitrogen and oxygen atoms in total. The van der Waals surface area contributed by atoms with Crippen molar-refractivity contribution < 1.29 is 24.2 Å². The van der Waals surface area contributed by atoms with Crippen LogP contribution in [0.4, 0.5) is 4.79 Å². The van der Waals surface area contributed by atoms with Crippen molar-refractivity contribution in [1.82, 2.24) is 10.6 Å². The minimum atomic E-state index is -1.07. The lowest BCUT2D eigenvalue weighted by Gasteiger charge is -2.27. The highest BCUT2D eigenvalue weighted by Gasteiger charge is 2.21. The maximum Gasteiger partial charge on any atom is 0.321 e. The molecule has 0 bridgehead atoms. The maximum absolute atomic E-state index is 11.4. The Morgan fingerprint density at radius 3 is 2.67 bits per heavy atom. The van der Waals surface area contributed by atoms with E-state index in [-0.39, 0.29) is 25.0 Å². The summed E-state index contributed by atoms with van der Waals surface area (Å²) in [4.78, 5) is 32.9. The molecule has 1 rings (SSSR count). The van der Waals surface area contributed by atoms with Gasteiger partial charge >= 0.3 is 12.0 Å². The number of urea groups is 1. The van der Waals surface area contributed by atoms with E-state index in [0.717, 1.165) is 0 Å². The second kappa shape index (κ2) is 6.95. The molecule has 2 unspecified atom stereocenters. The van der Waals surface area contributed by atoms with Crippen molar-refractivity contribution in [2.45, 2.75) is 44.8 Å². The second-order valence-corrected chi connectivity index (χ2v) is 4.32. The van der Waals surface area contributed by atoms with Crippen LogP contribution in [-0.4, -0.2) is 41.8 Å². The van der Waals surface area contributed by atoms with E-state index in [9.17, 15) is 14.4 Å². The Morgan fingerprint density at radius 2 is 2.06 bits per heavy atom. The summed E-state index contributed by atoms with van der Waals surface area (Å²) >= 11 is 0. The summed E-state index contributed by atoms with van der Waals surface area (Å²) in [7, 11) is 0. The molecule has 1 saturated heterocycles. The van der Waals surface area contributed by atoms with Crippen molar-refractivity contribution in [2.75, 3.05) is 6.61 Å². The third-order valence-electron chi connectivity index (χ3n) is 2.64. The number of imide groups is 1. The van der Waals surface area contributed by atoms with Crippen LogP contribution < -0.4 is 10.6 Å². The zero-order chi connectivity index (χ0) is 13.5. The van der Waals surface area contributed by atoms with E-state index >= 15 is 0 Å². The van der Waals surface area contributed by atoms with Gasteiger partial charge in [0.1, 0.15) is 0 Å². The maximum atomic E-state index is 11.4. The normalized spacial score (nSPS) is 23.2. The largest absolute Gasteiger partial charge is 0.481 e. The summed E-state index contributed by atoms with van der Waals surface area (Å²) in [5, 5.41) is 13.2. The fourth-order valence-electron chi connectivity index (χ4n) is 1.76. The van der Waals surface area contributed by atoms with Crippen LogP contribution in [0.25, 0.3) is 0 Å². The molecule has 0 aromatic rings. The van der Waals surface area contributed by atoms with E-state index < -0.39 is 17.9 Å². The average molecular weight is 258 g/mol. The van der Waals surface area contributed by atoms with Gasteiger partial charge in [-0.15, -0.1) is 0 Å². The Bertz CT molecular complexity index is 331. The first-order chi connectivity index (χ1) is 8.47. The smallest absolute Gasteiger partial charge is 0.321 e. The van der Waals surface area contributed by atoms with Gasteiger partial charge in [-0.05, 0) is 19.8 Å². The number of carbonyl (C=O) groups excluding carboxylic acids is 2. The molecular weight excluding hydrogens is 240 g/mol. The number of carbonyl (C=O) groups is 3. The third-order valence-corrected chi connectivity index (χ3v) is 2.64. The highest BCUT2D eigenvalue weighted by molar-refractivity contribution is 5.95. The van der Waals surface area contributed by atoms with Gasteiger partial charge in [-0.1, -0.05) is 0 Å². The fraction of sp³-hybridized carbons (Fsp3) is 0.727. The summed E-state index contributed by atoms with van der Waals surface area (Å²) in [5.74, 6) is -1.65. The fourth-order valence-corrected chi connectivity index (χ4v) is 1.76. The van der Waals surface area contributed by atoms with Gasteiger partial charge < -0.3 is 15.2 Å². The highest BCUT2D eigenvalue weighted by Crippen LogP contribution is 2.12. The summed E-state index contributed by atoms with van der Waals surface area (Å²) in [6.07, 6.45) is 1.02. The van der Waals surface area contributed by atoms with Crippen LogP contribution in [0, 0.1) is 0 Å². The Kier molecular flexibility index (Phi) is 5.57. The van der Waals surface area contributed by atoms with Gasteiger partial charge in [-0.3, -0.25) is 14.9 Å². The predicted molar refractivity (Wildman–Crippen MR) is 62.0 cm³/mol. The van der Waals surface area contributed by atoms with Crippen molar-refractivity contribution in [3.8, 4) is 0 Å². The lowest BCUT2D eigenvalue weighted by molar-refractivity contribution is -0.138. The zero-order valence-electron chi connectivity index (χ0n) is 10.3. The van der Waals surface area contributed by atoms with Gasteiger partial charge in [-0.2, -0.15) is 0 Å². The molecule has 102 valence electrons. The first-order valence-corrected chi connectivity index (χ1v) is 5.91. The van der Waals surface area contributed by atoms with Crippen LogP contribution >= 0.6 is 0 Å². The molecule has 1 aliphatic rings. The Balaban J connectivity index is 2.24. The number of nitrogens with one attached hydrogen (secondary N) is 2. The van der Waals surface area contributed by atoms with Gasteiger partial charge in [0.2, 0.25) is 5.91 Å². The van der Waals surface area contributed by atoms with Crippen LogP contribution in [0.2, 0.25) is 0 Å². The molecule has 1 heterocycles. The molecule has 18 heavy (non-hydrogen) atoms. The quantitative estimate of drug-likeness (QED) is 0.670. The number of rotatable bonds is 4. The second-order valence-electron chi connectivity index (χ2n) is 4.32. The number of hydrogen-bond donors (Lipinski definition) is 3. The summed E-state index contributed by atoms with van der Waals surface area (Å²) in [6, 6.07) is -0.592. The number of amides is 3. The molecule has 3 N–H and O–H groups in total. The van der Waals surface area contributed by atoms with Gasteiger partial charge in [-0.25, -0.2) is 4.79 Å². The average Bonchev–Trinajstić information content (AvgIpc) is 2.26. The highest BCUT2D eigenvalue weighted by atomic mass is 16.5. The number of hydrogen-bond acceptors (Lipinski definition) is 4. The lowest BCUT2D eigenvalue weighted by atomic mass is 10.0. The number of aliphatic carboxylic acids is 1. The van der Waals surface area contributed by atoms with Crippen LogP contribution in [0.1, 0.15) is 32.6 Å². The molecule has 0 aromatic heterocycles. The molecule has 3 amide bonds. The lowest BCUT2D eigenvalue weighted by Crippen LogP contribution is -2.47. The first kappa shape index (κ1) is 14.4. The number of carboxylic acid groups (broad SMARTS) is 1. The van der Waals surface area contributed by atoms with Gasteiger partial charge in [0.05, 0.1) is 12.5 Å². The first-order valence-electron chi connectivity index (χ1n) is 5.91. The molecular formula is C11H18N2O5. The minimum Gasteiger partial charge on any atom is -0.481 e. The molecule has 1 fully saturated rings. The molecule has 0 spiro atoms. The van der Waals surface area contributed by atoms with Crippen LogP contribution in [0.15, 0.2) is 0 Å². The van der Waals surface area contributed by atoms with E-state index in [2.05, 4.69) is 10.6 Å². The van der Waals surface area contributed by atoms with E-state index in [0.29, 0.717) is 19.4 Å². The summed E-state index contributed by atoms with van der Waals surface area (Å²) in [5.41, 5.74) is 0. The van der Waals surface area contributed by atoms with Crippen LogP contribution in [0.5, 0.6) is 0 Å². The van der Waals surface area contributed by atoms with E-state index in [1.165, 1.54) is 0 Å². The molecule has 0 aromatic carbocycles. The minimum absolute atomic E-state index is 0.0129. The van der Waals surface area contributed by atoms with Crippen LogP contribution in [0.3, 0.4) is 0 Å². The van der Waals surface area contributed by atoms with E-state index in [1.54, 1.807) is 0 Å². The van der Waals surface area contributed by atoms with Gasteiger partial charge in [0.25, 0.3) is 0 Å². The van der Waals surface area contributed by atoms with Gasteiger partial charge in [0, 0.05) is 19.1 Å². The molecule has 0 saturated carbocycles. The Morgan fingerprint density at radius 1 is 1.33 bits per heavy atom. The van der Waals surface area contributed by atoms with Crippen molar-refractivity contribution in [3.63, 3.8) is 0 Å². The summed E-state index contributed by atoms with van der Waals surface area (Å²) in [6.45, 7) is 2.50. The number of carboxylic acids is 1. The van der Waals surface area contributed by atoms with Crippen molar-refractivity contribution in [1.29, 1.82) is 0 Å². The third kappa shape index (κ3) is 5.62. The SMILES string of the molecule is CC1CC(NC(=O)NC(=O)CCC(=O)O)CCO1. The van der Waals surface area contributed by atoms with E-state index in [1.807, 2.05) is 6.92 Å². The molecule has 7 heteroatoms. The van der Waals surface area contributed by atoms with Crippen molar-refractivity contribution >= 4 is 17.9 Å². The predicted octanol–water partition coefficient (Wildman–Crippen LogP) is 0.244. The monoisotopic (exact) mass is 258 g/mol. The van der Waals surface area contributed by atoms with Crippen molar-refractivity contribution in [2.24, 2.45) is 0 Å². The molecule has 2 atom stereocenters. The Hall–Kier alpha value is -1.63. The molecule has 1 aliphatic heterocycles. The standard InChI is InChI=1S/C11H18N2O5/c1-7-6-8(4-5-18-7)12-11(17)13-9(14)2-3-10(15)16/h7-8H,2-6H2,1H3,(H,15,16)(H2,12,13,14,17). The number of ether oxygens (including phenoxy) is 1. The Labute approximate surface area is 105 Å². The molecule has 0 aliphatic carbocycles. The topological polar surface area (TPSA) is 105 Å². The van der Waals surface area contributed by atoms with Crippen molar-refractivity contribution in [3.05, 3.63) is 0 Å². The van der Waals surface area contributed by atoms with E-state index in [4.69, 9.17) is 9.84 Å². The van der Waals surface area contributed by atoms with Crippen LogP contribution in [-0.2, 0) is 14.3 Å². The molecule has 0 radical (unpaired) electrons. The van der Waals surface area contributed by atoms with Gasteiger partial charge in [0.15, 0.2) is 0 Å². The summed E-state index contributed by atoms with van der Waals surface area (Å²) < 4.78 is 5.33. The zero-order valence-corrected chi connectivity index (χ0v) is 10.3.